The van der Waals surface area contributed by atoms with Gasteiger partial charge in [-0.1, -0.05) is 13.8 Å². The molecular formula is C18H31N3O2. The lowest BCUT2D eigenvalue weighted by molar-refractivity contribution is 0.0951. The Morgan fingerprint density at radius 3 is 2.57 bits per heavy atom. The first-order chi connectivity index (χ1) is 11.0. The number of carbonyl (C=O) groups is 1. The summed E-state index contributed by atoms with van der Waals surface area (Å²) in [7, 11) is 1.57. The lowest BCUT2D eigenvalue weighted by Gasteiger charge is -2.18. The second-order valence-corrected chi connectivity index (χ2v) is 5.73. The number of benzene rings is 1. The molecule has 1 atom stereocenters. The molecule has 0 aliphatic rings. The van der Waals surface area contributed by atoms with Crippen molar-refractivity contribution in [3.63, 3.8) is 0 Å². The zero-order chi connectivity index (χ0) is 17.2. The average Bonchev–Trinajstić information content (AvgIpc) is 2.57. The normalized spacial score (nSPS) is 12.4. The number of methoxy groups -OCH3 is 1. The molecule has 0 heterocycles. The highest BCUT2D eigenvalue weighted by Crippen LogP contribution is 2.22. The number of Topliss-reactive ketones (excluding diaryl/α,β-unsaturated/α-hetero) is 1. The van der Waals surface area contributed by atoms with Crippen molar-refractivity contribution >= 4 is 11.5 Å². The molecule has 3 N–H and O–H groups in total. The Balaban J connectivity index is 2.38. The van der Waals surface area contributed by atoms with Crippen molar-refractivity contribution in [3.05, 3.63) is 23.8 Å². The maximum absolute atomic E-state index is 12.4. The Labute approximate surface area is 140 Å². The Morgan fingerprint density at radius 1 is 1.30 bits per heavy atom. The third-order valence-corrected chi connectivity index (χ3v) is 4.15. The number of hydrogen-bond acceptors (Lipinski definition) is 5. The van der Waals surface area contributed by atoms with E-state index < -0.39 is 0 Å². The minimum Gasteiger partial charge on any atom is -0.495 e. The number of anilines is 1. The SMILES string of the molecule is CCN(CC)CCCCNC(C)C(=O)c1ccc(OC)c(N)c1. The summed E-state index contributed by atoms with van der Waals surface area (Å²) in [5.74, 6) is 0.654. The molecule has 0 radical (unpaired) electrons. The third kappa shape index (κ3) is 6.20. The minimum atomic E-state index is -0.212. The molecule has 5 nitrogen and oxygen atoms in total. The van der Waals surface area contributed by atoms with Crippen molar-refractivity contribution < 1.29 is 9.53 Å². The van der Waals surface area contributed by atoms with Crippen LogP contribution >= 0.6 is 0 Å². The molecule has 0 saturated heterocycles. The van der Waals surface area contributed by atoms with Gasteiger partial charge in [0.1, 0.15) is 5.75 Å². The van der Waals surface area contributed by atoms with Gasteiger partial charge in [0.15, 0.2) is 5.78 Å². The van der Waals surface area contributed by atoms with Crippen LogP contribution in [0.15, 0.2) is 18.2 Å². The summed E-state index contributed by atoms with van der Waals surface area (Å²) in [6, 6.07) is 4.96. The smallest absolute Gasteiger partial charge is 0.179 e. The van der Waals surface area contributed by atoms with Gasteiger partial charge in [-0.25, -0.2) is 0 Å². The molecule has 0 aliphatic heterocycles. The molecule has 0 amide bonds. The van der Waals surface area contributed by atoms with Crippen LogP contribution in [-0.4, -0.2) is 50.0 Å². The largest absolute Gasteiger partial charge is 0.495 e. The molecule has 23 heavy (non-hydrogen) atoms. The van der Waals surface area contributed by atoms with E-state index in [0.29, 0.717) is 17.0 Å². The Bertz CT molecular complexity index is 487. The fourth-order valence-corrected chi connectivity index (χ4v) is 2.55. The van der Waals surface area contributed by atoms with E-state index in [0.717, 1.165) is 39.0 Å². The quantitative estimate of drug-likeness (QED) is 0.372. The predicted molar refractivity (Wildman–Crippen MR) is 96.2 cm³/mol. The maximum atomic E-state index is 12.4. The van der Waals surface area contributed by atoms with Crippen LogP contribution in [0.2, 0.25) is 0 Å². The molecule has 0 saturated carbocycles. The van der Waals surface area contributed by atoms with Crippen LogP contribution < -0.4 is 15.8 Å². The summed E-state index contributed by atoms with van der Waals surface area (Å²) in [4.78, 5) is 14.8. The second-order valence-electron chi connectivity index (χ2n) is 5.73. The molecule has 130 valence electrons. The monoisotopic (exact) mass is 321 g/mol. The number of nitrogen functional groups attached to an aromatic ring is 1. The van der Waals surface area contributed by atoms with Crippen molar-refractivity contribution in [1.82, 2.24) is 10.2 Å². The number of nitrogens with one attached hydrogen (secondary N) is 1. The van der Waals surface area contributed by atoms with Crippen molar-refractivity contribution in [3.8, 4) is 5.75 Å². The average molecular weight is 321 g/mol. The van der Waals surface area contributed by atoms with Crippen LogP contribution in [0.5, 0.6) is 5.75 Å². The van der Waals surface area contributed by atoms with Gasteiger partial charge in [-0.3, -0.25) is 4.79 Å². The van der Waals surface area contributed by atoms with Gasteiger partial charge in [0.2, 0.25) is 0 Å². The highest BCUT2D eigenvalue weighted by Gasteiger charge is 2.15. The number of hydrogen-bond donors (Lipinski definition) is 2. The Kier molecular flexibility index (Phi) is 8.66. The van der Waals surface area contributed by atoms with Gasteiger partial charge >= 0.3 is 0 Å². The summed E-state index contributed by atoms with van der Waals surface area (Å²) in [5, 5.41) is 3.30. The van der Waals surface area contributed by atoms with Crippen LogP contribution in [0.4, 0.5) is 5.69 Å². The summed E-state index contributed by atoms with van der Waals surface area (Å²) >= 11 is 0. The van der Waals surface area contributed by atoms with Crippen LogP contribution in [0.1, 0.15) is 44.0 Å². The predicted octanol–water partition coefficient (Wildman–Crippen LogP) is 2.56. The van der Waals surface area contributed by atoms with Gasteiger partial charge in [-0.2, -0.15) is 0 Å². The van der Waals surface area contributed by atoms with E-state index in [9.17, 15) is 4.79 Å². The number of unbranched alkanes of at least 4 members (excludes halogenated alkanes) is 1. The number of ether oxygens (including phenoxy) is 1. The summed E-state index contributed by atoms with van der Waals surface area (Å²) < 4.78 is 5.11. The number of carbonyl (C=O) groups excluding carboxylic acids is 1. The molecule has 1 unspecified atom stereocenters. The molecule has 1 aromatic carbocycles. The van der Waals surface area contributed by atoms with Crippen molar-refractivity contribution in [2.24, 2.45) is 0 Å². The lowest BCUT2D eigenvalue weighted by Crippen LogP contribution is -2.35. The molecule has 0 fully saturated rings. The van der Waals surface area contributed by atoms with Gasteiger partial charge < -0.3 is 20.7 Å². The van der Waals surface area contributed by atoms with Gasteiger partial charge in [0, 0.05) is 5.56 Å². The van der Waals surface area contributed by atoms with Crippen molar-refractivity contribution in [2.75, 3.05) is 39.0 Å². The van der Waals surface area contributed by atoms with Crippen LogP contribution in [-0.2, 0) is 0 Å². The van der Waals surface area contributed by atoms with E-state index in [4.69, 9.17) is 10.5 Å². The molecule has 0 bridgehead atoms. The summed E-state index contributed by atoms with van der Waals surface area (Å²) in [6.07, 6.45) is 2.21. The first kappa shape index (κ1) is 19.5. The fraction of sp³-hybridized carbons (Fsp3) is 0.611. The van der Waals surface area contributed by atoms with E-state index in [1.165, 1.54) is 0 Å². The van der Waals surface area contributed by atoms with Gasteiger partial charge in [-0.15, -0.1) is 0 Å². The minimum absolute atomic E-state index is 0.0584. The summed E-state index contributed by atoms with van der Waals surface area (Å²) in [5.41, 5.74) is 6.97. The van der Waals surface area contributed by atoms with E-state index in [2.05, 4.69) is 24.1 Å². The number of ketones is 1. The molecule has 5 heteroatoms. The Hall–Kier alpha value is -1.59. The van der Waals surface area contributed by atoms with E-state index >= 15 is 0 Å². The maximum Gasteiger partial charge on any atom is 0.179 e. The zero-order valence-corrected chi connectivity index (χ0v) is 14.9. The standard InChI is InChI=1S/C18H31N3O2/c1-5-21(6-2)12-8-7-11-20-14(3)18(22)15-9-10-17(23-4)16(19)13-15/h9-10,13-14,20H,5-8,11-12,19H2,1-4H3. The van der Waals surface area contributed by atoms with Crippen LogP contribution in [0, 0.1) is 0 Å². The number of rotatable bonds is 11. The van der Waals surface area contributed by atoms with E-state index in [1.54, 1.807) is 25.3 Å². The van der Waals surface area contributed by atoms with E-state index in [1.807, 2.05) is 6.92 Å². The molecule has 0 spiro atoms. The highest BCUT2D eigenvalue weighted by atomic mass is 16.5. The van der Waals surface area contributed by atoms with Crippen molar-refractivity contribution in [1.29, 1.82) is 0 Å². The second kappa shape index (κ2) is 10.2. The van der Waals surface area contributed by atoms with Crippen LogP contribution in [0.25, 0.3) is 0 Å². The van der Waals surface area contributed by atoms with Gasteiger partial charge in [0.05, 0.1) is 18.8 Å². The Morgan fingerprint density at radius 2 is 2.00 bits per heavy atom. The van der Waals surface area contributed by atoms with E-state index in [-0.39, 0.29) is 11.8 Å². The highest BCUT2D eigenvalue weighted by molar-refractivity contribution is 6.00. The first-order valence-corrected chi connectivity index (χ1v) is 8.46. The zero-order valence-electron chi connectivity index (χ0n) is 14.9. The first-order valence-electron chi connectivity index (χ1n) is 8.46. The van der Waals surface area contributed by atoms with Gasteiger partial charge in [-0.05, 0) is 64.1 Å². The molecule has 1 aromatic rings. The number of nitrogens with two attached hydrogens (primary N) is 1. The summed E-state index contributed by atoms with van der Waals surface area (Å²) in [6.45, 7) is 10.4. The molecule has 0 aliphatic carbocycles. The van der Waals surface area contributed by atoms with Crippen molar-refractivity contribution in [2.45, 2.75) is 39.7 Å². The topological polar surface area (TPSA) is 67.6 Å². The molecular weight excluding hydrogens is 290 g/mol. The van der Waals surface area contributed by atoms with Crippen LogP contribution in [0.3, 0.4) is 0 Å². The lowest BCUT2D eigenvalue weighted by atomic mass is 10.0. The number of nitrogens with zero attached hydrogens (tertiary/aromatic N) is 1. The molecule has 0 aromatic heterocycles. The fourth-order valence-electron chi connectivity index (χ4n) is 2.55. The third-order valence-electron chi connectivity index (χ3n) is 4.15. The molecule has 1 rings (SSSR count). The van der Waals surface area contributed by atoms with Gasteiger partial charge in [0.25, 0.3) is 0 Å².